The molecule has 1 aromatic heterocycles. The number of carbonyl (C=O) groups is 1. The molecule has 0 N–H and O–H groups in total. The van der Waals surface area contributed by atoms with Gasteiger partial charge in [-0.15, -0.1) is 0 Å². The summed E-state index contributed by atoms with van der Waals surface area (Å²) < 4.78 is 1.86. The third-order valence-corrected chi connectivity index (χ3v) is 9.61. The summed E-state index contributed by atoms with van der Waals surface area (Å²) in [6, 6.07) is 61.6. The van der Waals surface area contributed by atoms with Gasteiger partial charge in [-0.05, 0) is 70.5 Å². The molecule has 0 aliphatic rings. The molecular formula is C48H36N2O. The van der Waals surface area contributed by atoms with Gasteiger partial charge in [-0.3, -0.25) is 9.36 Å². The minimum absolute atomic E-state index is 0.136. The number of benzene rings is 7. The van der Waals surface area contributed by atoms with E-state index in [0.717, 1.165) is 67.0 Å². The van der Waals surface area contributed by atoms with Crippen molar-refractivity contribution in [3.63, 3.8) is 0 Å². The van der Waals surface area contributed by atoms with Crippen molar-refractivity contribution in [1.29, 1.82) is 0 Å². The Morgan fingerprint density at radius 2 is 0.745 bits per heavy atom. The highest BCUT2D eigenvalue weighted by Gasteiger charge is 2.31. The number of aromatic nitrogens is 2. The third-order valence-electron chi connectivity index (χ3n) is 9.61. The van der Waals surface area contributed by atoms with Crippen molar-refractivity contribution in [2.75, 3.05) is 0 Å². The van der Waals surface area contributed by atoms with E-state index in [9.17, 15) is 0 Å². The first-order valence-electron chi connectivity index (χ1n) is 17.3. The van der Waals surface area contributed by atoms with Crippen LogP contribution in [0.1, 0.15) is 21.5 Å². The molecule has 8 rings (SSSR count). The topological polar surface area (TPSA) is 34.9 Å². The maximum atomic E-state index is 15.1. The SMILES string of the molecule is Cc1c(-c2ccccc2)c(-c2ccccc2)c(C)c(-c2nc(-c3ccccc3)c(-c3ccccc3)n2C(=O)c2ccccc2)c1-c1ccccc1. The minimum atomic E-state index is -0.136. The molecule has 0 atom stereocenters. The lowest BCUT2D eigenvalue weighted by molar-refractivity contribution is 0.0963. The van der Waals surface area contributed by atoms with E-state index < -0.39 is 0 Å². The maximum Gasteiger partial charge on any atom is 0.264 e. The number of hydrogen-bond acceptors (Lipinski definition) is 2. The fraction of sp³-hybridized carbons (Fsp3) is 0.0417. The summed E-state index contributed by atoms with van der Waals surface area (Å²) in [5, 5.41) is 0. The van der Waals surface area contributed by atoms with Gasteiger partial charge >= 0.3 is 0 Å². The van der Waals surface area contributed by atoms with Crippen LogP contribution in [0.5, 0.6) is 0 Å². The van der Waals surface area contributed by atoms with E-state index in [1.807, 2.05) is 77.4 Å². The van der Waals surface area contributed by atoms with Crippen LogP contribution in [-0.4, -0.2) is 15.5 Å². The molecular weight excluding hydrogens is 621 g/mol. The van der Waals surface area contributed by atoms with Crippen molar-refractivity contribution in [2.24, 2.45) is 0 Å². The van der Waals surface area contributed by atoms with Gasteiger partial charge in [0, 0.05) is 22.3 Å². The first kappa shape index (κ1) is 31.7. The second kappa shape index (κ2) is 13.7. The van der Waals surface area contributed by atoms with E-state index in [4.69, 9.17) is 4.98 Å². The molecule has 0 saturated carbocycles. The summed E-state index contributed by atoms with van der Waals surface area (Å²) in [4.78, 5) is 20.6. The minimum Gasteiger partial charge on any atom is -0.268 e. The molecule has 8 aromatic rings. The molecule has 51 heavy (non-hydrogen) atoms. The first-order valence-corrected chi connectivity index (χ1v) is 17.3. The smallest absolute Gasteiger partial charge is 0.264 e. The lowest BCUT2D eigenvalue weighted by atomic mass is 9.80. The standard InChI is InChI=1S/C48H36N2O/c1-33-41(35-21-9-3-10-22-35)42(36-23-11-4-12-24-36)34(2)44(43(33)37-25-13-5-14-26-37)47-49-45(38-27-15-6-16-28-38)46(39-29-17-7-18-30-39)50(47)48(51)40-31-19-8-20-32-40/h3-32H,1-2H3. The Morgan fingerprint density at radius 3 is 1.18 bits per heavy atom. The van der Waals surface area contributed by atoms with Gasteiger partial charge in [-0.1, -0.05) is 170 Å². The summed E-state index contributed by atoms with van der Waals surface area (Å²) >= 11 is 0. The Kier molecular flexibility index (Phi) is 8.53. The van der Waals surface area contributed by atoms with Crippen LogP contribution in [0.15, 0.2) is 182 Å². The van der Waals surface area contributed by atoms with Gasteiger partial charge in [0.25, 0.3) is 5.91 Å². The molecule has 0 aliphatic heterocycles. The largest absolute Gasteiger partial charge is 0.268 e. The number of imidazole rings is 1. The van der Waals surface area contributed by atoms with E-state index in [0.29, 0.717) is 11.4 Å². The fourth-order valence-electron chi connectivity index (χ4n) is 7.33. The predicted molar refractivity (Wildman–Crippen MR) is 210 cm³/mol. The first-order chi connectivity index (χ1) is 25.1. The Hall–Kier alpha value is -6.58. The fourth-order valence-corrected chi connectivity index (χ4v) is 7.33. The van der Waals surface area contributed by atoms with Crippen LogP contribution in [0, 0.1) is 13.8 Å². The van der Waals surface area contributed by atoms with Gasteiger partial charge in [-0.2, -0.15) is 0 Å². The molecule has 0 aliphatic carbocycles. The zero-order valence-corrected chi connectivity index (χ0v) is 28.6. The van der Waals surface area contributed by atoms with Gasteiger partial charge in [0.05, 0.1) is 11.4 Å². The van der Waals surface area contributed by atoms with Crippen LogP contribution >= 0.6 is 0 Å². The predicted octanol–water partition coefficient (Wildman–Crippen LogP) is 12.2. The second-order valence-corrected chi connectivity index (χ2v) is 12.7. The maximum absolute atomic E-state index is 15.1. The van der Waals surface area contributed by atoms with Crippen molar-refractivity contribution < 1.29 is 4.79 Å². The van der Waals surface area contributed by atoms with Crippen LogP contribution in [0.25, 0.3) is 67.3 Å². The van der Waals surface area contributed by atoms with E-state index in [2.05, 4.69) is 123 Å². The van der Waals surface area contributed by atoms with Gasteiger partial charge in [-0.25, -0.2) is 4.98 Å². The average Bonchev–Trinajstić information content (AvgIpc) is 3.60. The molecule has 0 fully saturated rings. The van der Waals surface area contributed by atoms with Crippen molar-refractivity contribution in [3.8, 4) is 67.3 Å². The highest BCUT2D eigenvalue weighted by Crippen LogP contribution is 2.49. The zero-order chi connectivity index (χ0) is 34.7. The molecule has 3 heteroatoms. The van der Waals surface area contributed by atoms with Crippen molar-refractivity contribution in [2.45, 2.75) is 13.8 Å². The lowest BCUT2D eigenvalue weighted by Crippen LogP contribution is -2.16. The van der Waals surface area contributed by atoms with Gasteiger partial charge in [0.15, 0.2) is 0 Å². The van der Waals surface area contributed by atoms with Crippen molar-refractivity contribution in [3.05, 3.63) is 199 Å². The number of nitrogens with zero attached hydrogens (tertiary/aromatic N) is 2. The molecule has 0 unspecified atom stereocenters. The normalized spacial score (nSPS) is 11.0. The molecule has 1 heterocycles. The second-order valence-electron chi connectivity index (χ2n) is 12.7. The Balaban J connectivity index is 1.58. The molecule has 0 saturated heterocycles. The number of rotatable bonds is 7. The van der Waals surface area contributed by atoms with Crippen LogP contribution < -0.4 is 0 Å². The Morgan fingerprint density at radius 1 is 0.412 bits per heavy atom. The molecule has 244 valence electrons. The monoisotopic (exact) mass is 656 g/mol. The molecule has 0 bridgehead atoms. The van der Waals surface area contributed by atoms with Crippen LogP contribution in [0.2, 0.25) is 0 Å². The Bertz CT molecular complexity index is 2450. The lowest BCUT2D eigenvalue weighted by Gasteiger charge is -2.25. The summed E-state index contributed by atoms with van der Waals surface area (Å²) in [5.41, 5.74) is 13.7. The van der Waals surface area contributed by atoms with E-state index in [1.54, 1.807) is 0 Å². The summed E-state index contributed by atoms with van der Waals surface area (Å²) in [7, 11) is 0. The van der Waals surface area contributed by atoms with E-state index in [1.165, 1.54) is 5.56 Å². The van der Waals surface area contributed by atoms with Crippen LogP contribution in [0.4, 0.5) is 0 Å². The summed E-state index contributed by atoms with van der Waals surface area (Å²) in [6.45, 7) is 4.40. The molecule has 7 aromatic carbocycles. The van der Waals surface area contributed by atoms with Gasteiger partial charge < -0.3 is 0 Å². The molecule has 0 amide bonds. The summed E-state index contributed by atoms with van der Waals surface area (Å²) in [5.74, 6) is 0.474. The number of carbonyl (C=O) groups excluding carboxylic acids is 1. The Labute approximate surface area is 299 Å². The van der Waals surface area contributed by atoms with E-state index in [-0.39, 0.29) is 5.91 Å². The highest BCUT2D eigenvalue weighted by atomic mass is 16.2. The third kappa shape index (κ3) is 5.79. The molecule has 0 radical (unpaired) electrons. The van der Waals surface area contributed by atoms with Gasteiger partial charge in [0.1, 0.15) is 5.82 Å². The van der Waals surface area contributed by atoms with E-state index >= 15 is 4.79 Å². The van der Waals surface area contributed by atoms with Gasteiger partial charge in [0.2, 0.25) is 0 Å². The van der Waals surface area contributed by atoms with Crippen molar-refractivity contribution in [1.82, 2.24) is 9.55 Å². The average molecular weight is 657 g/mol. The quantitative estimate of drug-likeness (QED) is 0.171. The molecule has 3 nitrogen and oxygen atoms in total. The van der Waals surface area contributed by atoms with Crippen LogP contribution in [0.3, 0.4) is 0 Å². The van der Waals surface area contributed by atoms with Crippen LogP contribution in [-0.2, 0) is 0 Å². The highest BCUT2D eigenvalue weighted by molar-refractivity contribution is 6.06. The number of hydrogen-bond donors (Lipinski definition) is 0. The molecule has 0 spiro atoms. The van der Waals surface area contributed by atoms with Crippen molar-refractivity contribution >= 4 is 5.91 Å². The zero-order valence-electron chi connectivity index (χ0n) is 28.6. The summed E-state index contributed by atoms with van der Waals surface area (Å²) in [6.07, 6.45) is 0.